The van der Waals surface area contributed by atoms with Crippen molar-refractivity contribution in [1.82, 2.24) is 19.9 Å². The van der Waals surface area contributed by atoms with Gasteiger partial charge in [0.1, 0.15) is 5.76 Å². The molecule has 130 valence electrons. The molecule has 1 aliphatic rings. The molecule has 0 aromatic carbocycles. The number of hydrogen-bond donors (Lipinski definition) is 1. The van der Waals surface area contributed by atoms with Crippen molar-refractivity contribution in [1.29, 1.82) is 0 Å². The van der Waals surface area contributed by atoms with Gasteiger partial charge in [0.2, 0.25) is 11.9 Å². The predicted molar refractivity (Wildman–Crippen MR) is 89.2 cm³/mol. The molecule has 2 aromatic rings. The third-order valence-electron chi connectivity index (χ3n) is 3.56. The second-order valence-electron chi connectivity index (χ2n) is 5.41. The zero-order valence-corrected chi connectivity index (χ0v) is 14.5. The molecule has 0 saturated carbocycles. The van der Waals surface area contributed by atoms with Crippen LogP contribution in [0.15, 0.2) is 15.7 Å². The number of carbonyl (C=O) groups is 1. The monoisotopic (exact) mass is 352 g/mol. The van der Waals surface area contributed by atoms with E-state index < -0.39 is 0 Å². The molecule has 1 fully saturated rings. The maximum atomic E-state index is 11.9. The second-order valence-corrected chi connectivity index (χ2v) is 6.47. The SMILES string of the molecule is Cc1cc(NC(=O)CCSc2nnc(N3CCOCC3)n2C)no1. The summed E-state index contributed by atoms with van der Waals surface area (Å²) in [6.07, 6.45) is 0.357. The summed E-state index contributed by atoms with van der Waals surface area (Å²) in [5.74, 6) is 2.44. The molecule has 24 heavy (non-hydrogen) atoms. The van der Waals surface area contributed by atoms with Crippen LogP contribution in [-0.4, -0.2) is 57.9 Å². The molecular formula is C14H20N6O3S. The van der Waals surface area contributed by atoms with Gasteiger partial charge in [-0.3, -0.25) is 9.36 Å². The van der Waals surface area contributed by atoms with Gasteiger partial charge in [-0.25, -0.2) is 0 Å². The first kappa shape index (κ1) is 16.8. The summed E-state index contributed by atoms with van der Waals surface area (Å²) in [5, 5.41) is 15.7. The molecular weight excluding hydrogens is 332 g/mol. The highest BCUT2D eigenvalue weighted by molar-refractivity contribution is 7.99. The fourth-order valence-corrected chi connectivity index (χ4v) is 3.18. The molecule has 0 atom stereocenters. The van der Waals surface area contributed by atoms with E-state index in [9.17, 15) is 4.79 Å². The number of anilines is 2. The van der Waals surface area contributed by atoms with E-state index >= 15 is 0 Å². The van der Waals surface area contributed by atoms with Crippen LogP contribution in [0.2, 0.25) is 0 Å². The summed E-state index contributed by atoms with van der Waals surface area (Å²) in [7, 11) is 1.94. The zero-order chi connectivity index (χ0) is 16.9. The van der Waals surface area contributed by atoms with Crippen LogP contribution in [-0.2, 0) is 16.6 Å². The van der Waals surface area contributed by atoms with Gasteiger partial charge in [0.05, 0.1) is 13.2 Å². The summed E-state index contributed by atoms with van der Waals surface area (Å²) >= 11 is 1.50. The number of thioether (sulfide) groups is 1. The van der Waals surface area contributed by atoms with Crippen molar-refractivity contribution in [2.45, 2.75) is 18.5 Å². The Morgan fingerprint density at radius 2 is 2.17 bits per heavy atom. The third-order valence-corrected chi connectivity index (χ3v) is 4.58. The topological polar surface area (TPSA) is 98.3 Å². The minimum Gasteiger partial charge on any atom is -0.378 e. The van der Waals surface area contributed by atoms with Crippen molar-refractivity contribution < 1.29 is 14.1 Å². The Bertz CT molecular complexity index is 694. The number of ether oxygens (including phenoxy) is 1. The van der Waals surface area contributed by atoms with Crippen molar-refractivity contribution >= 4 is 29.4 Å². The number of carbonyl (C=O) groups excluding carboxylic acids is 1. The molecule has 3 heterocycles. The normalized spacial score (nSPS) is 14.8. The maximum Gasteiger partial charge on any atom is 0.227 e. The van der Waals surface area contributed by atoms with Crippen molar-refractivity contribution in [3.8, 4) is 0 Å². The molecule has 1 aliphatic heterocycles. The number of amides is 1. The molecule has 0 spiro atoms. The second kappa shape index (κ2) is 7.67. The molecule has 3 rings (SSSR count). The van der Waals surface area contributed by atoms with E-state index in [1.54, 1.807) is 13.0 Å². The average Bonchev–Trinajstić information content (AvgIpc) is 3.14. The summed E-state index contributed by atoms with van der Waals surface area (Å²) in [6, 6.07) is 1.68. The largest absolute Gasteiger partial charge is 0.378 e. The fourth-order valence-electron chi connectivity index (χ4n) is 2.34. The summed E-state index contributed by atoms with van der Waals surface area (Å²) in [4.78, 5) is 14.0. The third kappa shape index (κ3) is 4.06. The van der Waals surface area contributed by atoms with Crippen LogP contribution >= 0.6 is 11.8 Å². The molecule has 1 saturated heterocycles. The molecule has 0 aliphatic carbocycles. The van der Waals surface area contributed by atoms with Gasteiger partial charge in [-0.15, -0.1) is 10.2 Å². The van der Waals surface area contributed by atoms with Crippen molar-refractivity contribution in [3.63, 3.8) is 0 Å². The van der Waals surface area contributed by atoms with Crippen LogP contribution in [0, 0.1) is 6.92 Å². The van der Waals surface area contributed by atoms with Crippen molar-refractivity contribution in [2.75, 3.05) is 42.3 Å². The summed E-state index contributed by atoms with van der Waals surface area (Å²) < 4.78 is 12.2. The van der Waals surface area contributed by atoms with Gasteiger partial charge < -0.3 is 19.5 Å². The van der Waals surface area contributed by atoms with E-state index in [1.807, 2.05) is 11.6 Å². The van der Waals surface area contributed by atoms with Crippen LogP contribution in [0.5, 0.6) is 0 Å². The predicted octanol–water partition coefficient (Wildman–Crippen LogP) is 1.07. The van der Waals surface area contributed by atoms with Crippen LogP contribution in [0.4, 0.5) is 11.8 Å². The Labute approximate surface area is 143 Å². The first-order valence-electron chi connectivity index (χ1n) is 7.71. The molecule has 9 nitrogen and oxygen atoms in total. The van der Waals surface area contributed by atoms with Crippen LogP contribution in [0.1, 0.15) is 12.2 Å². The Hall–Kier alpha value is -2.07. The van der Waals surface area contributed by atoms with Gasteiger partial charge in [-0.05, 0) is 6.92 Å². The van der Waals surface area contributed by atoms with E-state index in [2.05, 4.69) is 25.6 Å². The van der Waals surface area contributed by atoms with E-state index in [1.165, 1.54) is 11.8 Å². The number of hydrogen-bond acceptors (Lipinski definition) is 8. The molecule has 1 amide bonds. The highest BCUT2D eigenvalue weighted by Gasteiger charge is 2.18. The number of nitrogens with one attached hydrogen (secondary N) is 1. The molecule has 10 heteroatoms. The van der Waals surface area contributed by atoms with Gasteiger partial charge in [0.25, 0.3) is 0 Å². The van der Waals surface area contributed by atoms with Crippen LogP contribution in [0.3, 0.4) is 0 Å². The van der Waals surface area contributed by atoms with Gasteiger partial charge in [-0.2, -0.15) is 0 Å². The lowest BCUT2D eigenvalue weighted by Gasteiger charge is -2.27. The van der Waals surface area contributed by atoms with E-state index in [0.29, 0.717) is 37.0 Å². The average molecular weight is 352 g/mol. The van der Waals surface area contributed by atoms with E-state index in [0.717, 1.165) is 24.2 Å². The summed E-state index contributed by atoms with van der Waals surface area (Å²) in [5.41, 5.74) is 0. The Kier molecular flexibility index (Phi) is 5.36. The number of morpholine rings is 1. The number of aryl methyl sites for hydroxylation is 1. The minimum absolute atomic E-state index is 0.105. The Morgan fingerprint density at radius 1 is 1.38 bits per heavy atom. The highest BCUT2D eigenvalue weighted by Crippen LogP contribution is 2.21. The highest BCUT2D eigenvalue weighted by atomic mass is 32.2. The number of nitrogens with zero attached hydrogens (tertiary/aromatic N) is 5. The van der Waals surface area contributed by atoms with E-state index in [4.69, 9.17) is 9.26 Å². The minimum atomic E-state index is -0.105. The van der Waals surface area contributed by atoms with Crippen LogP contribution < -0.4 is 10.2 Å². The molecule has 1 N–H and O–H groups in total. The van der Waals surface area contributed by atoms with Crippen LogP contribution in [0.25, 0.3) is 0 Å². The lowest BCUT2D eigenvalue weighted by Crippen LogP contribution is -2.37. The first-order chi connectivity index (χ1) is 11.6. The molecule has 0 bridgehead atoms. The smallest absolute Gasteiger partial charge is 0.227 e. The lowest BCUT2D eigenvalue weighted by molar-refractivity contribution is -0.115. The van der Waals surface area contributed by atoms with Gasteiger partial charge in [0.15, 0.2) is 11.0 Å². The quantitative estimate of drug-likeness (QED) is 0.771. The van der Waals surface area contributed by atoms with E-state index in [-0.39, 0.29) is 5.91 Å². The van der Waals surface area contributed by atoms with Crippen molar-refractivity contribution in [3.05, 3.63) is 11.8 Å². The maximum absolute atomic E-state index is 11.9. The van der Waals surface area contributed by atoms with Gasteiger partial charge in [0, 0.05) is 38.4 Å². The Morgan fingerprint density at radius 3 is 2.88 bits per heavy atom. The van der Waals surface area contributed by atoms with Gasteiger partial charge in [-0.1, -0.05) is 16.9 Å². The lowest BCUT2D eigenvalue weighted by atomic mass is 10.4. The Balaban J connectivity index is 1.48. The number of aromatic nitrogens is 4. The first-order valence-corrected chi connectivity index (χ1v) is 8.70. The fraction of sp³-hybridized carbons (Fsp3) is 0.571. The van der Waals surface area contributed by atoms with Crippen molar-refractivity contribution in [2.24, 2.45) is 7.05 Å². The molecule has 0 unspecified atom stereocenters. The molecule has 2 aromatic heterocycles. The number of rotatable bonds is 6. The molecule has 0 radical (unpaired) electrons. The summed E-state index contributed by atoms with van der Waals surface area (Å²) in [6.45, 7) is 4.82. The standard InChI is InChI=1S/C14H20N6O3S/c1-10-9-11(18-23-10)15-12(21)3-8-24-14-17-16-13(19(14)2)20-4-6-22-7-5-20/h9H,3-8H2,1-2H3,(H,15,18,21). The zero-order valence-electron chi connectivity index (χ0n) is 13.7. The van der Waals surface area contributed by atoms with Gasteiger partial charge >= 0.3 is 0 Å².